The lowest BCUT2D eigenvalue weighted by Crippen LogP contribution is -2.38. The second kappa shape index (κ2) is 6.65. The van der Waals surface area contributed by atoms with E-state index in [2.05, 4.69) is 10.6 Å². The third kappa shape index (κ3) is 4.10. The molecule has 2 amide bonds. The maximum atomic E-state index is 11.2. The fourth-order valence-electron chi connectivity index (χ4n) is 1.29. The summed E-state index contributed by atoms with van der Waals surface area (Å²) in [5, 5.41) is 14.5. The number of rotatable bonds is 6. The summed E-state index contributed by atoms with van der Waals surface area (Å²) in [6, 6.07) is 1.24. The average Bonchev–Trinajstić information content (AvgIpc) is 2.76. The highest BCUT2D eigenvalue weighted by Crippen LogP contribution is 2.09. The maximum Gasteiger partial charge on any atom is 0.339 e. The van der Waals surface area contributed by atoms with Crippen LogP contribution in [-0.4, -0.2) is 49.2 Å². The normalized spacial score (nSPS) is 10.1. The van der Waals surface area contributed by atoms with Gasteiger partial charge in [0.25, 0.3) is 0 Å². The van der Waals surface area contributed by atoms with E-state index in [1.807, 2.05) is 0 Å². The van der Waals surface area contributed by atoms with Crippen LogP contribution in [0.3, 0.4) is 0 Å². The Kier molecular flexibility index (Phi) is 5.19. The Labute approximate surface area is 105 Å². The highest BCUT2D eigenvalue weighted by molar-refractivity contribution is 5.88. The first-order chi connectivity index (χ1) is 8.52. The molecule has 0 atom stereocenters. The van der Waals surface area contributed by atoms with Crippen LogP contribution in [0.5, 0.6) is 0 Å². The Bertz CT molecular complexity index is 414. The van der Waals surface area contributed by atoms with Crippen LogP contribution in [-0.2, 0) is 6.54 Å². The van der Waals surface area contributed by atoms with Crippen molar-refractivity contribution < 1.29 is 19.1 Å². The molecule has 0 spiro atoms. The van der Waals surface area contributed by atoms with Crippen molar-refractivity contribution in [3.8, 4) is 0 Å². The van der Waals surface area contributed by atoms with Crippen LogP contribution in [0, 0.1) is 0 Å². The molecule has 3 N–H and O–H groups in total. The van der Waals surface area contributed by atoms with Crippen LogP contribution in [0.2, 0.25) is 0 Å². The van der Waals surface area contributed by atoms with Crippen molar-refractivity contribution in [1.29, 1.82) is 0 Å². The van der Waals surface area contributed by atoms with Gasteiger partial charge in [0.05, 0.1) is 12.8 Å². The Morgan fingerprint density at radius 1 is 1.39 bits per heavy atom. The third-order valence-corrected chi connectivity index (χ3v) is 2.25. The van der Waals surface area contributed by atoms with Gasteiger partial charge in [0.15, 0.2) is 0 Å². The minimum Gasteiger partial charge on any atom is -0.478 e. The van der Waals surface area contributed by atoms with Crippen molar-refractivity contribution in [3.05, 3.63) is 23.7 Å². The molecule has 100 valence electrons. The number of amides is 2. The van der Waals surface area contributed by atoms with Crippen molar-refractivity contribution >= 4 is 12.0 Å². The number of carboxylic acids is 1. The Hall–Kier alpha value is -2.02. The highest BCUT2D eigenvalue weighted by atomic mass is 16.4. The molecule has 7 heteroatoms. The Morgan fingerprint density at radius 2 is 2.11 bits per heavy atom. The maximum absolute atomic E-state index is 11.2. The summed E-state index contributed by atoms with van der Waals surface area (Å²) in [6.45, 7) is 1.30. The number of nitrogens with zero attached hydrogens (tertiary/aromatic N) is 1. The second-order valence-corrected chi connectivity index (χ2v) is 3.87. The molecule has 0 aliphatic heterocycles. The molecular formula is C11H17N3O4. The summed E-state index contributed by atoms with van der Waals surface area (Å²) < 4.78 is 5.05. The predicted molar refractivity (Wildman–Crippen MR) is 64.5 cm³/mol. The number of carbonyl (C=O) groups excluding carboxylic acids is 1. The number of aromatic carboxylic acids is 1. The zero-order valence-corrected chi connectivity index (χ0v) is 10.4. The minimum absolute atomic E-state index is 0.153. The van der Waals surface area contributed by atoms with Crippen molar-refractivity contribution in [3.63, 3.8) is 0 Å². The number of furan rings is 1. The summed E-state index contributed by atoms with van der Waals surface area (Å²) in [5.41, 5.74) is 0.153. The molecule has 1 aromatic rings. The van der Waals surface area contributed by atoms with Gasteiger partial charge in [0.2, 0.25) is 0 Å². The molecule has 0 bridgehead atoms. The monoisotopic (exact) mass is 255 g/mol. The number of carbonyl (C=O) groups is 2. The quantitative estimate of drug-likeness (QED) is 0.637. The van der Waals surface area contributed by atoms with Crippen molar-refractivity contribution in [2.24, 2.45) is 0 Å². The smallest absolute Gasteiger partial charge is 0.339 e. The molecule has 0 aliphatic carbocycles. The Morgan fingerprint density at radius 3 is 2.72 bits per heavy atom. The molecule has 0 aliphatic rings. The van der Waals surface area contributed by atoms with Crippen LogP contribution in [0.4, 0.5) is 4.79 Å². The number of urea groups is 1. The molecular weight excluding hydrogens is 238 g/mol. The number of carboxylic acid groups (broad SMARTS) is 1. The fourth-order valence-corrected chi connectivity index (χ4v) is 1.29. The molecule has 1 rings (SSSR count). The standard InChI is InChI=1S/C11H17N3O4/c1-14(2)11(17)13-5-4-12-7-9-8(10(15)16)3-6-18-9/h3,6,12H,4-5,7H2,1-2H3,(H,13,17)(H,15,16). The van der Waals surface area contributed by atoms with Gasteiger partial charge < -0.3 is 25.1 Å². The topological polar surface area (TPSA) is 94.8 Å². The second-order valence-electron chi connectivity index (χ2n) is 3.87. The van der Waals surface area contributed by atoms with E-state index in [-0.39, 0.29) is 11.6 Å². The molecule has 0 saturated carbocycles. The largest absolute Gasteiger partial charge is 0.478 e. The van der Waals surface area contributed by atoms with Gasteiger partial charge in [-0.2, -0.15) is 0 Å². The van der Waals surface area contributed by atoms with E-state index in [4.69, 9.17) is 9.52 Å². The van der Waals surface area contributed by atoms with E-state index < -0.39 is 5.97 Å². The first-order valence-corrected chi connectivity index (χ1v) is 5.48. The lowest BCUT2D eigenvalue weighted by Gasteiger charge is -2.11. The molecule has 18 heavy (non-hydrogen) atoms. The molecule has 1 aromatic heterocycles. The summed E-state index contributed by atoms with van der Waals surface area (Å²) >= 11 is 0. The van der Waals surface area contributed by atoms with E-state index in [0.717, 1.165) is 0 Å². The SMILES string of the molecule is CN(C)C(=O)NCCNCc1occc1C(=O)O. The predicted octanol–water partition coefficient (Wildman–Crippen LogP) is 0.339. The molecule has 0 saturated heterocycles. The Balaban J connectivity index is 2.24. The fraction of sp³-hybridized carbons (Fsp3) is 0.455. The van der Waals surface area contributed by atoms with Gasteiger partial charge in [-0.25, -0.2) is 9.59 Å². The summed E-state index contributed by atoms with van der Waals surface area (Å²) in [5.74, 6) is -0.636. The zero-order chi connectivity index (χ0) is 13.5. The van der Waals surface area contributed by atoms with Crippen LogP contribution in [0.15, 0.2) is 16.7 Å². The molecule has 0 radical (unpaired) electrons. The molecule has 0 aromatic carbocycles. The van der Waals surface area contributed by atoms with Gasteiger partial charge in [-0.3, -0.25) is 0 Å². The van der Waals surface area contributed by atoms with Crippen LogP contribution in [0.1, 0.15) is 16.1 Å². The van der Waals surface area contributed by atoms with Crippen LogP contribution < -0.4 is 10.6 Å². The van der Waals surface area contributed by atoms with Crippen molar-refractivity contribution in [1.82, 2.24) is 15.5 Å². The van der Waals surface area contributed by atoms with Crippen LogP contribution >= 0.6 is 0 Å². The van der Waals surface area contributed by atoms with Gasteiger partial charge in [0.1, 0.15) is 11.3 Å². The van der Waals surface area contributed by atoms with Crippen molar-refractivity contribution in [2.75, 3.05) is 27.2 Å². The van der Waals surface area contributed by atoms with Crippen molar-refractivity contribution in [2.45, 2.75) is 6.54 Å². The number of hydrogen-bond acceptors (Lipinski definition) is 4. The highest BCUT2D eigenvalue weighted by Gasteiger charge is 2.12. The number of hydrogen-bond donors (Lipinski definition) is 3. The van der Waals surface area contributed by atoms with Gasteiger partial charge in [-0.15, -0.1) is 0 Å². The zero-order valence-electron chi connectivity index (χ0n) is 10.4. The van der Waals surface area contributed by atoms with Crippen LogP contribution in [0.25, 0.3) is 0 Å². The van der Waals surface area contributed by atoms with E-state index in [9.17, 15) is 9.59 Å². The van der Waals surface area contributed by atoms with Gasteiger partial charge >= 0.3 is 12.0 Å². The minimum atomic E-state index is -1.01. The van der Waals surface area contributed by atoms with E-state index in [0.29, 0.717) is 25.4 Å². The molecule has 0 fully saturated rings. The average molecular weight is 255 g/mol. The molecule has 7 nitrogen and oxygen atoms in total. The van der Waals surface area contributed by atoms with Gasteiger partial charge in [-0.05, 0) is 6.07 Å². The van der Waals surface area contributed by atoms with Gasteiger partial charge in [0, 0.05) is 27.2 Å². The first kappa shape index (κ1) is 14.0. The lowest BCUT2D eigenvalue weighted by atomic mass is 10.2. The molecule has 1 heterocycles. The van der Waals surface area contributed by atoms with E-state index in [1.165, 1.54) is 17.2 Å². The lowest BCUT2D eigenvalue weighted by molar-refractivity contribution is 0.0694. The molecule has 0 unspecified atom stereocenters. The summed E-state index contributed by atoms with van der Waals surface area (Å²) in [6.07, 6.45) is 1.34. The summed E-state index contributed by atoms with van der Waals surface area (Å²) in [7, 11) is 3.31. The third-order valence-electron chi connectivity index (χ3n) is 2.25. The number of nitrogens with one attached hydrogen (secondary N) is 2. The first-order valence-electron chi connectivity index (χ1n) is 5.48. The van der Waals surface area contributed by atoms with E-state index >= 15 is 0 Å². The van der Waals surface area contributed by atoms with E-state index in [1.54, 1.807) is 14.1 Å². The summed E-state index contributed by atoms with van der Waals surface area (Å²) in [4.78, 5) is 23.4. The van der Waals surface area contributed by atoms with Gasteiger partial charge in [-0.1, -0.05) is 0 Å².